The number of anilines is 2. The Morgan fingerprint density at radius 1 is 1.05 bits per heavy atom. The van der Waals surface area contributed by atoms with Crippen molar-refractivity contribution in [2.24, 2.45) is 0 Å². The number of nitrogens with two attached hydrogens (primary N) is 1. The average molecular weight is 299 g/mol. The molecule has 1 aromatic heterocycles. The van der Waals surface area contributed by atoms with Crippen LogP contribution >= 0.6 is 0 Å². The lowest BCUT2D eigenvalue weighted by Gasteiger charge is -2.12. The molecule has 0 unspecified atom stereocenters. The largest absolute Gasteiger partial charge is 0.482 e. The summed E-state index contributed by atoms with van der Waals surface area (Å²) in [5.74, 6) is -3.57. The minimum Gasteiger partial charge on any atom is -0.482 e. The third-order valence-electron chi connectivity index (χ3n) is 2.42. The van der Waals surface area contributed by atoms with Crippen molar-refractivity contribution in [2.75, 3.05) is 24.7 Å². The van der Waals surface area contributed by atoms with Crippen LogP contribution in [0.5, 0.6) is 5.75 Å². The highest BCUT2D eigenvalue weighted by molar-refractivity contribution is 5.32. The maximum Gasteiger partial charge on any atom is 0.230 e. The van der Waals surface area contributed by atoms with Gasteiger partial charge in [0.1, 0.15) is 6.61 Å². The molecule has 0 aliphatic rings. The Morgan fingerprint density at radius 2 is 1.71 bits per heavy atom. The average Bonchev–Trinajstić information content (AvgIpc) is 2.40. The van der Waals surface area contributed by atoms with E-state index in [1.807, 2.05) is 0 Å². The van der Waals surface area contributed by atoms with Crippen LogP contribution in [-0.2, 0) is 6.61 Å². The van der Waals surface area contributed by atoms with Gasteiger partial charge in [0.15, 0.2) is 29.0 Å². The van der Waals surface area contributed by atoms with E-state index in [4.69, 9.17) is 10.5 Å². The lowest BCUT2D eigenvalue weighted by Crippen LogP contribution is -2.17. The van der Waals surface area contributed by atoms with Crippen LogP contribution in [0.25, 0.3) is 0 Å². The number of benzene rings is 1. The van der Waals surface area contributed by atoms with Crippen molar-refractivity contribution in [1.82, 2.24) is 15.0 Å². The molecule has 2 aromatic rings. The summed E-state index contributed by atoms with van der Waals surface area (Å²) in [4.78, 5) is 13.3. The predicted octanol–water partition coefficient (Wildman–Crippen LogP) is 1.52. The van der Waals surface area contributed by atoms with Gasteiger partial charge >= 0.3 is 0 Å². The van der Waals surface area contributed by atoms with Crippen molar-refractivity contribution in [1.29, 1.82) is 0 Å². The molecule has 0 atom stereocenters. The quantitative estimate of drug-likeness (QED) is 0.862. The number of rotatable bonds is 4. The van der Waals surface area contributed by atoms with E-state index in [0.29, 0.717) is 18.1 Å². The number of halogens is 3. The third kappa shape index (κ3) is 3.50. The second kappa shape index (κ2) is 5.81. The molecule has 0 amide bonds. The first-order valence-corrected chi connectivity index (χ1v) is 5.82. The number of nitrogens with zero attached hydrogens (tertiary/aromatic N) is 4. The van der Waals surface area contributed by atoms with Gasteiger partial charge in [-0.3, -0.25) is 0 Å². The second-order valence-corrected chi connectivity index (χ2v) is 4.29. The van der Waals surface area contributed by atoms with Gasteiger partial charge in [0.25, 0.3) is 0 Å². The maximum absolute atomic E-state index is 13.4. The van der Waals surface area contributed by atoms with Gasteiger partial charge in [-0.25, -0.2) is 13.2 Å². The van der Waals surface area contributed by atoms with Gasteiger partial charge in [-0.05, 0) is 0 Å². The van der Waals surface area contributed by atoms with Crippen molar-refractivity contribution < 1.29 is 17.9 Å². The standard InChI is InChI=1S/C12H12F3N5O/c1-20(2)12-18-10(17-11(16)19-12)5-21-9-4-7(14)6(13)3-8(9)15/h3-4H,5H2,1-2H3,(H2,16,17,18,19). The van der Waals surface area contributed by atoms with Gasteiger partial charge in [0.05, 0.1) is 0 Å². The SMILES string of the molecule is CN(C)c1nc(N)nc(COc2cc(F)c(F)cc2F)n1. The third-order valence-corrected chi connectivity index (χ3v) is 2.42. The van der Waals surface area contributed by atoms with Crippen LogP contribution < -0.4 is 15.4 Å². The van der Waals surface area contributed by atoms with Gasteiger partial charge in [0, 0.05) is 26.2 Å². The van der Waals surface area contributed by atoms with Crippen LogP contribution in [0.4, 0.5) is 25.1 Å². The fourth-order valence-corrected chi connectivity index (χ4v) is 1.45. The first-order chi connectivity index (χ1) is 9.86. The smallest absolute Gasteiger partial charge is 0.230 e. The molecule has 1 aromatic carbocycles. The summed E-state index contributed by atoms with van der Waals surface area (Å²) in [5.41, 5.74) is 5.51. The summed E-state index contributed by atoms with van der Waals surface area (Å²) < 4.78 is 44.3. The molecule has 2 rings (SSSR count). The molecule has 9 heteroatoms. The Bertz CT molecular complexity index is 666. The monoisotopic (exact) mass is 299 g/mol. The minimum absolute atomic E-state index is 0.0296. The Morgan fingerprint density at radius 3 is 2.38 bits per heavy atom. The van der Waals surface area contributed by atoms with E-state index in [2.05, 4.69) is 15.0 Å². The fourth-order valence-electron chi connectivity index (χ4n) is 1.45. The molecule has 2 N–H and O–H groups in total. The summed E-state index contributed by atoms with van der Waals surface area (Å²) in [6.45, 7) is -0.268. The normalized spacial score (nSPS) is 10.5. The van der Waals surface area contributed by atoms with Gasteiger partial charge in [0.2, 0.25) is 11.9 Å². The van der Waals surface area contributed by atoms with Gasteiger partial charge in [-0.15, -0.1) is 0 Å². The number of ether oxygens (including phenoxy) is 1. The Labute approximate surface area is 118 Å². The van der Waals surface area contributed by atoms with E-state index < -0.39 is 23.2 Å². The van der Waals surface area contributed by atoms with Crippen LogP contribution in [-0.4, -0.2) is 29.0 Å². The molecular formula is C12H12F3N5O. The van der Waals surface area contributed by atoms with Crippen LogP contribution in [0.2, 0.25) is 0 Å². The van der Waals surface area contributed by atoms with Crippen molar-refractivity contribution in [3.05, 3.63) is 35.4 Å². The molecule has 0 spiro atoms. The molecule has 0 fully saturated rings. The van der Waals surface area contributed by atoms with Crippen LogP contribution in [0.3, 0.4) is 0 Å². The zero-order valence-corrected chi connectivity index (χ0v) is 11.3. The fraction of sp³-hybridized carbons (Fsp3) is 0.250. The Kier molecular flexibility index (Phi) is 4.10. The Balaban J connectivity index is 2.18. The highest BCUT2D eigenvalue weighted by Gasteiger charge is 2.12. The number of hydrogen-bond acceptors (Lipinski definition) is 6. The van der Waals surface area contributed by atoms with E-state index in [0.717, 1.165) is 0 Å². The number of aromatic nitrogens is 3. The summed E-state index contributed by atoms with van der Waals surface area (Å²) in [6.07, 6.45) is 0. The highest BCUT2D eigenvalue weighted by Crippen LogP contribution is 2.21. The first-order valence-electron chi connectivity index (χ1n) is 5.82. The summed E-state index contributed by atoms with van der Waals surface area (Å²) in [7, 11) is 3.41. The zero-order valence-electron chi connectivity index (χ0n) is 11.3. The number of nitrogen functional groups attached to an aromatic ring is 1. The molecule has 0 saturated heterocycles. The first kappa shape index (κ1) is 14.8. The molecule has 6 nitrogen and oxygen atoms in total. The van der Waals surface area contributed by atoms with E-state index in [1.54, 1.807) is 19.0 Å². The van der Waals surface area contributed by atoms with Gasteiger partial charge < -0.3 is 15.4 Å². The predicted molar refractivity (Wildman–Crippen MR) is 69.2 cm³/mol. The highest BCUT2D eigenvalue weighted by atomic mass is 19.2. The molecule has 0 bridgehead atoms. The molecule has 0 saturated carbocycles. The van der Waals surface area contributed by atoms with E-state index in [9.17, 15) is 13.2 Å². The van der Waals surface area contributed by atoms with Gasteiger partial charge in [-0.2, -0.15) is 15.0 Å². The van der Waals surface area contributed by atoms with Gasteiger partial charge in [-0.1, -0.05) is 0 Å². The lowest BCUT2D eigenvalue weighted by atomic mass is 10.3. The lowest BCUT2D eigenvalue weighted by molar-refractivity contribution is 0.277. The summed E-state index contributed by atoms with van der Waals surface area (Å²) in [6, 6.07) is 1.01. The molecule has 21 heavy (non-hydrogen) atoms. The van der Waals surface area contributed by atoms with Crippen LogP contribution in [0, 0.1) is 17.5 Å². The van der Waals surface area contributed by atoms with E-state index >= 15 is 0 Å². The van der Waals surface area contributed by atoms with Crippen molar-refractivity contribution >= 4 is 11.9 Å². The molecule has 112 valence electrons. The molecule has 1 heterocycles. The maximum atomic E-state index is 13.4. The molecular weight excluding hydrogens is 287 g/mol. The van der Waals surface area contributed by atoms with Crippen molar-refractivity contribution in [2.45, 2.75) is 6.61 Å². The van der Waals surface area contributed by atoms with Crippen molar-refractivity contribution in [3.63, 3.8) is 0 Å². The second-order valence-electron chi connectivity index (χ2n) is 4.29. The summed E-state index contributed by atoms with van der Waals surface area (Å²) >= 11 is 0. The zero-order chi connectivity index (χ0) is 15.6. The topological polar surface area (TPSA) is 77.2 Å². The van der Waals surface area contributed by atoms with Crippen LogP contribution in [0.15, 0.2) is 12.1 Å². The molecule has 0 aliphatic carbocycles. The van der Waals surface area contributed by atoms with E-state index in [1.165, 1.54) is 0 Å². The molecule has 0 radical (unpaired) electrons. The molecule has 0 aliphatic heterocycles. The van der Waals surface area contributed by atoms with Crippen molar-refractivity contribution in [3.8, 4) is 5.75 Å². The minimum atomic E-state index is -1.29. The van der Waals surface area contributed by atoms with Crippen LogP contribution in [0.1, 0.15) is 5.82 Å². The number of hydrogen-bond donors (Lipinski definition) is 1. The van der Waals surface area contributed by atoms with E-state index in [-0.39, 0.29) is 18.4 Å². The summed E-state index contributed by atoms with van der Waals surface area (Å²) in [5, 5.41) is 0. The Hall–Kier alpha value is -2.58.